The molecule has 2 aliphatic rings. The second-order valence-corrected chi connectivity index (χ2v) is 16.6. The lowest BCUT2D eigenvalue weighted by atomic mass is 9.78. The summed E-state index contributed by atoms with van der Waals surface area (Å²) in [4.78, 5) is 10.6. The van der Waals surface area contributed by atoms with Crippen LogP contribution in [0.15, 0.2) is 170 Å². The van der Waals surface area contributed by atoms with Crippen molar-refractivity contribution in [3.63, 3.8) is 0 Å². The maximum absolute atomic E-state index is 5.31. The highest BCUT2D eigenvalue weighted by atomic mass is 14.9. The smallest absolute Gasteiger partial charge is 0.160 e. The molecule has 1 heterocycles. The largest absolute Gasteiger partial charge is 0.228 e. The molecule has 0 amide bonds. The first-order chi connectivity index (χ1) is 27.3. The minimum Gasteiger partial charge on any atom is -0.228 e. The fraction of sp³-hybridized carbons (Fsp3) is 0.111. The van der Waals surface area contributed by atoms with E-state index in [1.54, 1.807) is 0 Å². The van der Waals surface area contributed by atoms with Gasteiger partial charge in [0.1, 0.15) is 0 Å². The Morgan fingerprint density at radius 1 is 0.339 bits per heavy atom. The standard InChI is InChI=1S/C54H40N2/c1-53(2)46-24-13-12-21-40(46)44-30-36(25-28-47(44)53)49-32-50(56-52(55-49)33-15-6-5-7-16-33)41-27-26-39(37-19-10-11-20-38(37)41)42-22-14-23-43-45-29-34-17-8-9-18-35(34)31-48(45)54(3,4)51(42)43/h5-32H,1-4H3. The van der Waals surface area contributed by atoms with E-state index >= 15 is 0 Å². The zero-order valence-corrected chi connectivity index (χ0v) is 32.1. The molecule has 0 spiro atoms. The van der Waals surface area contributed by atoms with Crippen LogP contribution in [0.3, 0.4) is 0 Å². The van der Waals surface area contributed by atoms with Crippen LogP contribution < -0.4 is 0 Å². The van der Waals surface area contributed by atoms with Crippen LogP contribution >= 0.6 is 0 Å². The lowest BCUT2D eigenvalue weighted by Crippen LogP contribution is -2.16. The summed E-state index contributed by atoms with van der Waals surface area (Å²) in [6.07, 6.45) is 0. The first-order valence-electron chi connectivity index (χ1n) is 19.7. The monoisotopic (exact) mass is 716 g/mol. The highest BCUT2D eigenvalue weighted by Gasteiger charge is 2.38. The number of fused-ring (bicyclic) bond motifs is 8. The van der Waals surface area contributed by atoms with E-state index in [0.717, 1.165) is 33.9 Å². The van der Waals surface area contributed by atoms with Crippen molar-refractivity contribution in [3.05, 3.63) is 192 Å². The van der Waals surface area contributed by atoms with Crippen molar-refractivity contribution in [1.29, 1.82) is 0 Å². The Balaban J connectivity index is 1.09. The molecule has 9 aromatic rings. The SMILES string of the molecule is CC1(C)c2ccccc2-c2cc(-c3cc(-c4ccc(-c5cccc6c5C(C)(C)c5cc7ccccc7cc5-6)c5ccccc45)nc(-c4ccccc4)n3)ccc21. The van der Waals surface area contributed by atoms with Crippen molar-refractivity contribution in [2.24, 2.45) is 0 Å². The molecule has 0 atom stereocenters. The number of benzene rings is 8. The summed E-state index contributed by atoms with van der Waals surface area (Å²) in [7, 11) is 0. The first kappa shape index (κ1) is 32.8. The van der Waals surface area contributed by atoms with Gasteiger partial charge in [-0.3, -0.25) is 0 Å². The van der Waals surface area contributed by atoms with Crippen LogP contribution in [0.5, 0.6) is 0 Å². The van der Waals surface area contributed by atoms with Gasteiger partial charge in [0.05, 0.1) is 11.4 Å². The van der Waals surface area contributed by atoms with Crippen molar-refractivity contribution < 1.29 is 0 Å². The summed E-state index contributed by atoms with van der Waals surface area (Å²) in [5, 5.41) is 4.96. The summed E-state index contributed by atoms with van der Waals surface area (Å²) >= 11 is 0. The normalized spacial score (nSPS) is 14.4. The number of hydrogen-bond donors (Lipinski definition) is 0. The Morgan fingerprint density at radius 2 is 0.929 bits per heavy atom. The van der Waals surface area contributed by atoms with E-state index in [9.17, 15) is 0 Å². The van der Waals surface area contributed by atoms with Crippen LogP contribution in [0.4, 0.5) is 0 Å². The van der Waals surface area contributed by atoms with E-state index < -0.39 is 0 Å². The van der Waals surface area contributed by atoms with Crippen LogP contribution in [0.1, 0.15) is 49.9 Å². The van der Waals surface area contributed by atoms with Crippen molar-refractivity contribution in [2.45, 2.75) is 38.5 Å². The van der Waals surface area contributed by atoms with Gasteiger partial charge in [0.25, 0.3) is 0 Å². The zero-order chi connectivity index (χ0) is 37.8. The summed E-state index contributed by atoms with van der Waals surface area (Å²) in [5.41, 5.74) is 18.1. The molecular formula is C54H40N2. The predicted molar refractivity (Wildman–Crippen MR) is 234 cm³/mol. The summed E-state index contributed by atoms with van der Waals surface area (Å²) < 4.78 is 0. The van der Waals surface area contributed by atoms with Gasteiger partial charge in [-0.25, -0.2) is 9.97 Å². The van der Waals surface area contributed by atoms with E-state index in [2.05, 4.69) is 191 Å². The van der Waals surface area contributed by atoms with Gasteiger partial charge in [-0.1, -0.05) is 173 Å². The molecule has 0 fully saturated rings. The van der Waals surface area contributed by atoms with Gasteiger partial charge in [0.2, 0.25) is 0 Å². The van der Waals surface area contributed by atoms with E-state index in [0.29, 0.717) is 0 Å². The first-order valence-corrected chi connectivity index (χ1v) is 19.7. The number of rotatable bonds is 4. The molecule has 0 N–H and O–H groups in total. The Labute approximate surface area is 328 Å². The number of nitrogens with zero attached hydrogens (tertiary/aromatic N) is 2. The van der Waals surface area contributed by atoms with Gasteiger partial charge >= 0.3 is 0 Å². The summed E-state index contributed by atoms with van der Waals surface area (Å²) in [6.45, 7) is 9.43. The maximum atomic E-state index is 5.31. The maximum Gasteiger partial charge on any atom is 0.160 e. The molecule has 0 aliphatic heterocycles. The molecule has 2 heteroatoms. The van der Waals surface area contributed by atoms with Crippen LogP contribution in [0.25, 0.3) is 88.8 Å². The summed E-state index contributed by atoms with van der Waals surface area (Å²) in [5.74, 6) is 0.722. The predicted octanol–water partition coefficient (Wildman–Crippen LogP) is 14.1. The van der Waals surface area contributed by atoms with Crippen molar-refractivity contribution in [1.82, 2.24) is 9.97 Å². The molecule has 0 saturated carbocycles. The highest BCUT2D eigenvalue weighted by molar-refractivity contribution is 6.07. The molecule has 56 heavy (non-hydrogen) atoms. The molecule has 0 saturated heterocycles. The Hall–Kier alpha value is -6.64. The molecule has 2 nitrogen and oxygen atoms in total. The molecular weight excluding hydrogens is 677 g/mol. The van der Waals surface area contributed by atoms with Gasteiger partial charge in [-0.15, -0.1) is 0 Å². The van der Waals surface area contributed by atoms with Crippen LogP contribution in [-0.4, -0.2) is 9.97 Å². The molecule has 0 unspecified atom stereocenters. The Bertz CT molecular complexity index is 3080. The molecule has 11 rings (SSSR count). The topological polar surface area (TPSA) is 25.8 Å². The van der Waals surface area contributed by atoms with Crippen LogP contribution in [0.2, 0.25) is 0 Å². The van der Waals surface area contributed by atoms with E-state index in [1.165, 1.54) is 77.2 Å². The molecule has 1 aromatic heterocycles. The van der Waals surface area contributed by atoms with Gasteiger partial charge in [0, 0.05) is 27.5 Å². The van der Waals surface area contributed by atoms with Crippen molar-refractivity contribution in [2.75, 3.05) is 0 Å². The second-order valence-electron chi connectivity index (χ2n) is 16.6. The Kier molecular flexibility index (Phi) is 6.98. The fourth-order valence-electron chi connectivity index (χ4n) is 9.88. The number of hydrogen-bond acceptors (Lipinski definition) is 2. The fourth-order valence-corrected chi connectivity index (χ4v) is 9.88. The summed E-state index contributed by atoms with van der Waals surface area (Å²) in [6, 6.07) is 62.1. The van der Waals surface area contributed by atoms with Crippen LogP contribution in [-0.2, 0) is 10.8 Å². The lowest BCUT2D eigenvalue weighted by molar-refractivity contribution is 0.660. The molecule has 266 valence electrons. The molecule has 0 bridgehead atoms. The average molecular weight is 717 g/mol. The average Bonchev–Trinajstić information content (AvgIpc) is 3.61. The second kappa shape index (κ2) is 11.9. The molecule has 2 aliphatic carbocycles. The third-order valence-corrected chi connectivity index (χ3v) is 12.7. The van der Waals surface area contributed by atoms with Gasteiger partial charge in [-0.2, -0.15) is 0 Å². The van der Waals surface area contributed by atoms with E-state index in [-0.39, 0.29) is 10.8 Å². The molecule has 8 aromatic carbocycles. The lowest BCUT2D eigenvalue weighted by Gasteiger charge is -2.25. The van der Waals surface area contributed by atoms with E-state index in [1.807, 2.05) is 6.07 Å². The van der Waals surface area contributed by atoms with Crippen molar-refractivity contribution >= 4 is 21.5 Å². The highest BCUT2D eigenvalue weighted by Crippen LogP contribution is 2.54. The zero-order valence-electron chi connectivity index (χ0n) is 32.1. The minimum atomic E-state index is -0.164. The quantitative estimate of drug-likeness (QED) is 0.181. The third kappa shape index (κ3) is 4.75. The van der Waals surface area contributed by atoms with Gasteiger partial charge < -0.3 is 0 Å². The number of aromatic nitrogens is 2. The Morgan fingerprint density at radius 3 is 1.73 bits per heavy atom. The minimum absolute atomic E-state index is 0.0534. The van der Waals surface area contributed by atoms with Crippen molar-refractivity contribution in [3.8, 4) is 67.3 Å². The third-order valence-electron chi connectivity index (χ3n) is 12.7. The molecule has 0 radical (unpaired) electrons. The van der Waals surface area contributed by atoms with Gasteiger partial charge in [-0.05, 0) is 101 Å². The van der Waals surface area contributed by atoms with Gasteiger partial charge in [0.15, 0.2) is 5.82 Å². The van der Waals surface area contributed by atoms with E-state index in [4.69, 9.17) is 9.97 Å². The van der Waals surface area contributed by atoms with Crippen LogP contribution in [0, 0.1) is 0 Å².